The average molecular weight is 372 g/mol. The van der Waals surface area contributed by atoms with Gasteiger partial charge in [-0.15, -0.1) is 0 Å². The third-order valence-electron chi connectivity index (χ3n) is 4.20. The van der Waals surface area contributed by atoms with E-state index < -0.39 is 12.7 Å². The summed E-state index contributed by atoms with van der Waals surface area (Å²) < 4.78 is 45.3. The van der Waals surface area contributed by atoms with Gasteiger partial charge < -0.3 is 14.4 Å². The fourth-order valence-corrected chi connectivity index (χ4v) is 3.05. The second-order valence-electron chi connectivity index (χ2n) is 6.06. The average Bonchev–Trinajstić information content (AvgIpc) is 3.28. The highest BCUT2D eigenvalue weighted by Crippen LogP contribution is 2.34. The Morgan fingerprint density at radius 1 is 1.04 bits per heavy atom. The summed E-state index contributed by atoms with van der Waals surface area (Å²) in [4.78, 5) is 3.91. The number of fused-ring (bicyclic) bond motifs is 1. The summed E-state index contributed by atoms with van der Waals surface area (Å²) in [5, 5.41) is 7.66. The van der Waals surface area contributed by atoms with Crippen LogP contribution >= 0.6 is 0 Å². The van der Waals surface area contributed by atoms with Crippen molar-refractivity contribution in [3.63, 3.8) is 0 Å². The number of rotatable bonds is 5. The van der Waals surface area contributed by atoms with Gasteiger partial charge in [-0.05, 0) is 23.8 Å². The number of nitrogens with one attached hydrogen (secondary N) is 1. The minimum atomic E-state index is -4.38. The Hall–Kier alpha value is -3.29. The number of halogens is 3. The summed E-state index contributed by atoms with van der Waals surface area (Å²) in [5.74, 6) is 0.115. The SMILES string of the molecule is FC(F)(F)Cn1c(-c2ncon2)cc2c(NCc3ccccc3)cccc21. The first-order valence-corrected chi connectivity index (χ1v) is 8.25. The van der Waals surface area contributed by atoms with Crippen molar-refractivity contribution in [2.75, 3.05) is 5.32 Å². The Labute approximate surface area is 152 Å². The fourth-order valence-electron chi connectivity index (χ4n) is 3.05. The van der Waals surface area contributed by atoms with Gasteiger partial charge >= 0.3 is 6.18 Å². The molecule has 0 aliphatic rings. The molecule has 138 valence electrons. The highest BCUT2D eigenvalue weighted by molar-refractivity contribution is 5.96. The zero-order valence-electron chi connectivity index (χ0n) is 14.1. The largest absolute Gasteiger partial charge is 0.406 e. The van der Waals surface area contributed by atoms with Gasteiger partial charge in [-0.3, -0.25) is 0 Å². The molecule has 0 saturated carbocycles. The molecule has 4 rings (SSSR count). The minimum Gasteiger partial charge on any atom is -0.380 e. The second kappa shape index (κ2) is 6.79. The smallest absolute Gasteiger partial charge is 0.380 e. The van der Waals surface area contributed by atoms with Crippen LogP contribution in [0, 0.1) is 0 Å². The van der Waals surface area contributed by atoms with Gasteiger partial charge in [0.05, 0.1) is 11.2 Å². The second-order valence-corrected chi connectivity index (χ2v) is 6.06. The summed E-state index contributed by atoms with van der Waals surface area (Å²) in [6.07, 6.45) is -3.28. The molecule has 0 unspecified atom stereocenters. The van der Waals surface area contributed by atoms with Crippen LogP contribution in [0.15, 0.2) is 65.5 Å². The lowest BCUT2D eigenvalue weighted by molar-refractivity contribution is -0.139. The van der Waals surface area contributed by atoms with Crippen molar-refractivity contribution in [2.45, 2.75) is 19.3 Å². The van der Waals surface area contributed by atoms with Crippen molar-refractivity contribution in [2.24, 2.45) is 0 Å². The molecular formula is C19H15F3N4O. The molecule has 27 heavy (non-hydrogen) atoms. The molecule has 0 bridgehead atoms. The van der Waals surface area contributed by atoms with E-state index in [-0.39, 0.29) is 11.5 Å². The van der Waals surface area contributed by atoms with E-state index >= 15 is 0 Å². The molecule has 2 aromatic heterocycles. The molecule has 8 heteroatoms. The Balaban J connectivity index is 1.77. The molecule has 0 aliphatic carbocycles. The number of aromatic nitrogens is 3. The molecule has 4 aromatic rings. The monoisotopic (exact) mass is 372 g/mol. The van der Waals surface area contributed by atoms with E-state index in [1.165, 1.54) is 0 Å². The first kappa shape index (κ1) is 17.1. The van der Waals surface area contributed by atoms with Crippen LogP contribution in [0.25, 0.3) is 22.4 Å². The van der Waals surface area contributed by atoms with Crippen molar-refractivity contribution in [1.82, 2.24) is 14.7 Å². The zero-order valence-corrected chi connectivity index (χ0v) is 14.1. The number of hydrogen-bond donors (Lipinski definition) is 1. The number of nitrogens with zero attached hydrogens (tertiary/aromatic N) is 3. The van der Waals surface area contributed by atoms with Crippen LogP contribution in [0.1, 0.15) is 5.56 Å². The van der Waals surface area contributed by atoms with Crippen molar-refractivity contribution in [3.8, 4) is 11.5 Å². The quantitative estimate of drug-likeness (QED) is 0.543. The number of alkyl halides is 3. The van der Waals surface area contributed by atoms with Gasteiger partial charge in [0.1, 0.15) is 6.54 Å². The number of benzene rings is 2. The van der Waals surface area contributed by atoms with Crippen LogP contribution < -0.4 is 5.32 Å². The summed E-state index contributed by atoms with van der Waals surface area (Å²) in [5.41, 5.74) is 2.51. The zero-order chi connectivity index (χ0) is 18.9. The summed E-state index contributed by atoms with van der Waals surface area (Å²) in [7, 11) is 0. The lowest BCUT2D eigenvalue weighted by Gasteiger charge is -2.12. The van der Waals surface area contributed by atoms with E-state index in [4.69, 9.17) is 4.52 Å². The lowest BCUT2D eigenvalue weighted by atomic mass is 10.2. The third kappa shape index (κ3) is 3.64. The molecule has 2 heterocycles. The van der Waals surface area contributed by atoms with E-state index in [0.29, 0.717) is 17.4 Å². The summed E-state index contributed by atoms with van der Waals surface area (Å²) in [6.45, 7) is -0.579. The van der Waals surface area contributed by atoms with Gasteiger partial charge in [-0.2, -0.15) is 18.2 Å². The highest BCUT2D eigenvalue weighted by Gasteiger charge is 2.31. The Morgan fingerprint density at radius 3 is 2.56 bits per heavy atom. The summed E-state index contributed by atoms with van der Waals surface area (Å²) >= 11 is 0. The van der Waals surface area contributed by atoms with E-state index in [0.717, 1.165) is 22.2 Å². The molecule has 0 fully saturated rings. The van der Waals surface area contributed by atoms with Crippen LogP contribution in [0.4, 0.5) is 18.9 Å². The van der Waals surface area contributed by atoms with E-state index in [1.807, 2.05) is 36.4 Å². The van der Waals surface area contributed by atoms with Crippen molar-refractivity contribution < 1.29 is 17.7 Å². The minimum absolute atomic E-state index is 0.115. The van der Waals surface area contributed by atoms with Gasteiger partial charge in [0.2, 0.25) is 12.2 Å². The molecule has 0 aliphatic heterocycles. The maximum Gasteiger partial charge on any atom is 0.406 e. The normalized spacial score (nSPS) is 11.8. The predicted molar refractivity (Wildman–Crippen MR) is 95.1 cm³/mol. The maximum atomic E-state index is 13.1. The standard InChI is InChI=1S/C19H15F3N4O/c20-19(21,22)11-26-16-8-4-7-15(23-10-13-5-2-1-3-6-13)14(16)9-17(26)18-24-12-27-25-18/h1-9,12,23H,10-11H2. The van der Waals surface area contributed by atoms with Crippen LogP contribution in [0.5, 0.6) is 0 Å². The number of hydrogen-bond acceptors (Lipinski definition) is 4. The summed E-state index contributed by atoms with van der Waals surface area (Å²) in [6, 6.07) is 16.6. The van der Waals surface area contributed by atoms with Gasteiger partial charge in [0.15, 0.2) is 0 Å². The van der Waals surface area contributed by atoms with E-state index in [9.17, 15) is 13.2 Å². The molecule has 0 amide bonds. The molecule has 0 radical (unpaired) electrons. The van der Waals surface area contributed by atoms with Crippen molar-refractivity contribution in [3.05, 3.63) is 66.6 Å². The van der Waals surface area contributed by atoms with Crippen LogP contribution in [0.3, 0.4) is 0 Å². The lowest BCUT2D eigenvalue weighted by Crippen LogP contribution is -2.18. The van der Waals surface area contributed by atoms with Gasteiger partial charge in [0.25, 0.3) is 0 Å². The van der Waals surface area contributed by atoms with Crippen LogP contribution in [-0.2, 0) is 13.1 Å². The first-order chi connectivity index (χ1) is 13.0. The van der Waals surface area contributed by atoms with Crippen molar-refractivity contribution in [1.29, 1.82) is 0 Å². The predicted octanol–water partition coefficient (Wildman–Crippen LogP) is 4.87. The molecular weight excluding hydrogens is 357 g/mol. The van der Waals surface area contributed by atoms with Crippen molar-refractivity contribution >= 4 is 16.6 Å². The molecule has 1 N–H and O–H groups in total. The Morgan fingerprint density at radius 2 is 1.85 bits per heavy atom. The highest BCUT2D eigenvalue weighted by atomic mass is 19.4. The maximum absolute atomic E-state index is 13.1. The van der Waals surface area contributed by atoms with E-state index in [1.54, 1.807) is 18.2 Å². The van der Waals surface area contributed by atoms with E-state index in [2.05, 4.69) is 15.5 Å². The fraction of sp³-hybridized carbons (Fsp3) is 0.158. The Bertz CT molecular complexity index is 1040. The first-order valence-electron chi connectivity index (χ1n) is 8.25. The molecule has 5 nitrogen and oxygen atoms in total. The number of anilines is 1. The molecule has 0 spiro atoms. The van der Waals surface area contributed by atoms with Gasteiger partial charge in [0, 0.05) is 17.6 Å². The molecule has 0 saturated heterocycles. The van der Waals surface area contributed by atoms with Gasteiger partial charge in [-0.1, -0.05) is 41.6 Å². The molecule has 2 aromatic carbocycles. The molecule has 0 atom stereocenters. The topological polar surface area (TPSA) is 55.9 Å². The van der Waals surface area contributed by atoms with Crippen LogP contribution in [0.2, 0.25) is 0 Å². The third-order valence-corrected chi connectivity index (χ3v) is 4.20. The Kier molecular flexibility index (Phi) is 4.31. The van der Waals surface area contributed by atoms with Gasteiger partial charge in [-0.25, -0.2) is 0 Å². The van der Waals surface area contributed by atoms with Crippen LogP contribution in [-0.4, -0.2) is 20.9 Å².